The van der Waals surface area contributed by atoms with Crippen LogP contribution in [-0.4, -0.2) is 36.4 Å². The minimum atomic E-state index is -0.715. The van der Waals surface area contributed by atoms with Crippen LogP contribution >= 0.6 is 0 Å². The Bertz CT molecular complexity index is 178. The van der Waals surface area contributed by atoms with Crippen molar-refractivity contribution in [1.29, 1.82) is 0 Å². The lowest BCUT2D eigenvalue weighted by Crippen LogP contribution is -2.45. The molecular weight excluding hydrogens is 182 g/mol. The van der Waals surface area contributed by atoms with Crippen LogP contribution in [0.5, 0.6) is 0 Å². The quantitative estimate of drug-likeness (QED) is 0.603. The summed E-state index contributed by atoms with van der Waals surface area (Å²) in [7, 11) is 0. The standard InChI is InChI=1S/C10H19NO3/c1-2-14-9-6-8(7-9)11-5-3-4-10(12)13/h8-9,11H,2-7H2,1H3,(H,12,13). The molecule has 1 rings (SSSR count). The van der Waals surface area contributed by atoms with Gasteiger partial charge in [-0.25, -0.2) is 0 Å². The van der Waals surface area contributed by atoms with Gasteiger partial charge < -0.3 is 15.2 Å². The predicted octanol–water partition coefficient (Wildman–Crippen LogP) is 1.01. The van der Waals surface area contributed by atoms with Crippen LogP contribution in [0.1, 0.15) is 32.6 Å². The van der Waals surface area contributed by atoms with Gasteiger partial charge in [0.1, 0.15) is 0 Å². The van der Waals surface area contributed by atoms with Gasteiger partial charge in [-0.05, 0) is 32.7 Å². The number of aliphatic carboxylic acids is 1. The Hall–Kier alpha value is -0.610. The zero-order chi connectivity index (χ0) is 10.4. The van der Waals surface area contributed by atoms with E-state index < -0.39 is 5.97 Å². The first-order valence-electron chi connectivity index (χ1n) is 5.29. The zero-order valence-electron chi connectivity index (χ0n) is 8.66. The fourth-order valence-corrected chi connectivity index (χ4v) is 1.65. The van der Waals surface area contributed by atoms with E-state index in [0.29, 0.717) is 18.6 Å². The number of carboxylic acids is 1. The number of hydrogen-bond donors (Lipinski definition) is 2. The van der Waals surface area contributed by atoms with Crippen LogP contribution in [-0.2, 0) is 9.53 Å². The lowest BCUT2D eigenvalue weighted by Gasteiger charge is -2.35. The number of rotatable bonds is 7. The molecule has 0 atom stereocenters. The molecule has 1 saturated carbocycles. The second kappa shape index (κ2) is 5.98. The van der Waals surface area contributed by atoms with E-state index in [9.17, 15) is 4.79 Å². The molecular formula is C10H19NO3. The third kappa shape index (κ3) is 4.07. The average molecular weight is 201 g/mol. The maximum Gasteiger partial charge on any atom is 0.303 e. The van der Waals surface area contributed by atoms with Crippen LogP contribution in [0.3, 0.4) is 0 Å². The number of hydrogen-bond acceptors (Lipinski definition) is 3. The summed E-state index contributed by atoms with van der Waals surface area (Å²) in [4.78, 5) is 10.2. The van der Waals surface area contributed by atoms with Crippen molar-refractivity contribution >= 4 is 5.97 Å². The molecule has 0 aromatic carbocycles. The van der Waals surface area contributed by atoms with Crippen LogP contribution in [0.15, 0.2) is 0 Å². The van der Waals surface area contributed by atoms with Gasteiger partial charge in [-0.15, -0.1) is 0 Å². The van der Waals surface area contributed by atoms with Gasteiger partial charge in [0.25, 0.3) is 0 Å². The molecule has 0 heterocycles. The van der Waals surface area contributed by atoms with Crippen LogP contribution in [0, 0.1) is 0 Å². The van der Waals surface area contributed by atoms with Gasteiger partial charge in [0.05, 0.1) is 6.10 Å². The van der Waals surface area contributed by atoms with Gasteiger partial charge in [0.2, 0.25) is 0 Å². The van der Waals surface area contributed by atoms with Gasteiger partial charge in [0.15, 0.2) is 0 Å². The van der Waals surface area contributed by atoms with Crippen molar-refractivity contribution in [2.75, 3.05) is 13.2 Å². The average Bonchev–Trinajstić information content (AvgIpc) is 2.06. The van der Waals surface area contributed by atoms with Crippen LogP contribution < -0.4 is 5.32 Å². The van der Waals surface area contributed by atoms with Gasteiger partial charge >= 0.3 is 5.97 Å². The minimum absolute atomic E-state index is 0.259. The molecule has 0 unspecified atom stereocenters. The molecule has 0 aromatic heterocycles. The van der Waals surface area contributed by atoms with Crippen molar-refractivity contribution in [3.05, 3.63) is 0 Å². The monoisotopic (exact) mass is 201 g/mol. The number of nitrogens with one attached hydrogen (secondary N) is 1. The summed E-state index contributed by atoms with van der Waals surface area (Å²) in [5.41, 5.74) is 0. The first-order chi connectivity index (χ1) is 6.72. The summed E-state index contributed by atoms with van der Waals surface area (Å²) in [5, 5.41) is 11.7. The first-order valence-corrected chi connectivity index (χ1v) is 5.29. The molecule has 82 valence electrons. The Balaban J connectivity index is 1.88. The Morgan fingerprint density at radius 1 is 1.57 bits per heavy atom. The maximum absolute atomic E-state index is 10.2. The fraction of sp³-hybridized carbons (Fsp3) is 0.900. The third-order valence-corrected chi connectivity index (χ3v) is 2.50. The Morgan fingerprint density at radius 3 is 2.86 bits per heavy atom. The molecule has 1 aliphatic rings. The molecule has 0 saturated heterocycles. The van der Waals surface area contributed by atoms with Gasteiger partial charge in [-0.2, -0.15) is 0 Å². The van der Waals surface area contributed by atoms with Crippen molar-refractivity contribution < 1.29 is 14.6 Å². The Labute approximate surface area is 84.6 Å². The molecule has 1 fully saturated rings. The Kier molecular flexibility index (Phi) is 4.90. The van der Waals surface area contributed by atoms with E-state index in [1.165, 1.54) is 0 Å². The molecule has 0 aromatic rings. The van der Waals surface area contributed by atoms with E-state index in [0.717, 1.165) is 26.0 Å². The van der Waals surface area contributed by atoms with Crippen molar-refractivity contribution in [1.82, 2.24) is 5.32 Å². The van der Waals surface area contributed by atoms with E-state index >= 15 is 0 Å². The molecule has 4 nitrogen and oxygen atoms in total. The molecule has 0 amide bonds. The SMILES string of the molecule is CCOC1CC(NCCCC(=O)O)C1. The maximum atomic E-state index is 10.2. The molecule has 0 aliphatic heterocycles. The van der Waals surface area contributed by atoms with E-state index in [4.69, 9.17) is 9.84 Å². The summed E-state index contributed by atoms with van der Waals surface area (Å²) in [5.74, 6) is -0.715. The largest absolute Gasteiger partial charge is 0.481 e. The highest BCUT2D eigenvalue weighted by atomic mass is 16.5. The molecule has 4 heteroatoms. The van der Waals surface area contributed by atoms with E-state index in [1.54, 1.807) is 0 Å². The number of carboxylic acid groups (broad SMARTS) is 1. The van der Waals surface area contributed by atoms with Crippen molar-refractivity contribution in [2.24, 2.45) is 0 Å². The third-order valence-electron chi connectivity index (χ3n) is 2.50. The summed E-state index contributed by atoms with van der Waals surface area (Å²) in [6.45, 7) is 3.60. The smallest absolute Gasteiger partial charge is 0.303 e. The molecule has 14 heavy (non-hydrogen) atoms. The summed E-state index contributed by atoms with van der Waals surface area (Å²) in [6, 6.07) is 0.542. The fourth-order valence-electron chi connectivity index (χ4n) is 1.65. The highest BCUT2D eigenvalue weighted by Crippen LogP contribution is 2.22. The Morgan fingerprint density at radius 2 is 2.29 bits per heavy atom. The molecule has 0 bridgehead atoms. The van der Waals surface area contributed by atoms with Crippen LogP contribution in [0.4, 0.5) is 0 Å². The normalized spacial score (nSPS) is 25.8. The predicted molar refractivity (Wildman–Crippen MR) is 53.3 cm³/mol. The highest BCUT2D eigenvalue weighted by Gasteiger charge is 2.28. The second-order valence-corrected chi connectivity index (χ2v) is 3.70. The van der Waals surface area contributed by atoms with Crippen LogP contribution in [0.2, 0.25) is 0 Å². The lowest BCUT2D eigenvalue weighted by molar-refractivity contribution is -0.137. The molecule has 1 aliphatic carbocycles. The van der Waals surface area contributed by atoms with Crippen LogP contribution in [0.25, 0.3) is 0 Å². The molecule has 0 spiro atoms. The van der Waals surface area contributed by atoms with Gasteiger partial charge in [0, 0.05) is 19.1 Å². The van der Waals surface area contributed by atoms with E-state index in [-0.39, 0.29) is 6.42 Å². The van der Waals surface area contributed by atoms with Gasteiger partial charge in [-0.1, -0.05) is 0 Å². The topological polar surface area (TPSA) is 58.6 Å². The summed E-state index contributed by atoms with van der Waals surface area (Å²) >= 11 is 0. The first kappa shape index (κ1) is 11.5. The number of carbonyl (C=O) groups is 1. The zero-order valence-corrected chi connectivity index (χ0v) is 8.66. The van der Waals surface area contributed by atoms with Crippen molar-refractivity contribution in [3.63, 3.8) is 0 Å². The van der Waals surface area contributed by atoms with Gasteiger partial charge in [-0.3, -0.25) is 4.79 Å². The lowest BCUT2D eigenvalue weighted by atomic mass is 9.89. The van der Waals surface area contributed by atoms with Crippen molar-refractivity contribution in [2.45, 2.75) is 44.8 Å². The second-order valence-electron chi connectivity index (χ2n) is 3.70. The summed E-state index contributed by atoms with van der Waals surface area (Å²) < 4.78 is 5.42. The van der Waals surface area contributed by atoms with Crippen molar-refractivity contribution in [3.8, 4) is 0 Å². The van der Waals surface area contributed by atoms with E-state index in [1.807, 2.05) is 6.92 Å². The minimum Gasteiger partial charge on any atom is -0.481 e. The molecule has 0 radical (unpaired) electrons. The summed E-state index contributed by atoms with van der Waals surface area (Å²) in [6.07, 6.45) is 3.54. The molecule has 2 N–H and O–H groups in total. The van der Waals surface area contributed by atoms with E-state index in [2.05, 4.69) is 5.32 Å². The highest BCUT2D eigenvalue weighted by molar-refractivity contribution is 5.66. The number of ether oxygens (including phenoxy) is 1.